The molecule has 138 valence electrons. The number of carbonyl (C=O) groups excluding carboxylic acids is 1. The molecule has 1 aromatic heterocycles. The van der Waals surface area contributed by atoms with E-state index in [0.29, 0.717) is 49.0 Å². The number of benzene rings is 1. The molecule has 1 aliphatic rings. The number of nitriles is 1. The number of hydrogen-bond donors (Lipinski definition) is 0. The highest BCUT2D eigenvalue weighted by Gasteiger charge is 2.24. The molecule has 1 fully saturated rings. The Bertz CT molecular complexity index is 926. The van der Waals surface area contributed by atoms with E-state index in [4.69, 9.17) is 5.26 Å². The summed E-state index contributed by atoms with van der Waals surface area (Å²) >= 11 is 0. The standard InChI is InChI=1S/C20H20FN5O/c1-14(11-16-5-3-4-6-18(16)21)19(27)25-7-9-26(10-8-25)20-23-15(2)12-17(13-22)24-20/h3-6,11-12H,7-10H2,1-2H3/b14-11+. The Balaban J connectivity index is 1.67. The highest BCUT2D eigenvalue weighted by atomic mass is 19.1. The van der Waals surface area contributed by atoms with Gasteiger partial charge >= 0.3 is 0 Å². The normalized spacial score (nSPS) is 14.8. The Labute approximate surface area is 157 Å². The van der Waals surface area contributed by atoms with Crippen LogP contribution in [0.25, 0.3) is 6.08 Å². The van der Waals surface area contributed by atoms with Crippen molar-refractivity contribution in [1.82, 2.24) is 14.9 Å². The second-order valence-corrected chi connectivity index (χ2v) is 6.43. The minimum Gasteiger partial charge on any atom is -0.337 e. The average Bonchev–Trinajstić information content (AvgIpc) is 2.68. The van der Waals surface area contributed by atoms with Crippen LogP contribution >= 0.6 is 0 Å². The lowest BCUT2D eigenvalue weighted by molar-refractivity contribution is -0.127. The monoisotopic (exact) mass is 365 g/mol. The molecular weight excluding hydrogens is 345 g/mol. The van der Waals surface area contributed by atoms with Crippen LogP contribution in [0.3, 0.4) is 0 Å². The quantitative estimate of drug-likeness (QED) is 0.782. The Kier molecular flexibility index (Phi) is 5.46. The summed E-state index contributed by atoms with van der Waals surface area (Å²) in [5.74, 6) is 0.0532. The van der Waals surface area contributed by atoms with Crippen LogP contribution < -0.4 is 4.90 Å². The zero-order valence-electron chi connectivity index (χ0n) is 15.3. The van der Waals surface area contributed by atoms with Crippen molar-refractivity contribution in [2.45, 2.75) is 13.8 Å². The highest BCUT2D eigenvalue weighted by Crippen LogP contribution is 2.16. The van der Waals surface area contributed by atoms with Crippen LogP contribution in [0.2, 0.25) is 0 Å². The van der Waals surface area contributed by atoms with Crippen LogP contribution in [0.4, 0.5) is 10.3 Å². The molecule has 2 heterocycles. The lowest BCUT2D eigenvalue weighted by Gasteiger charge is -2.35. The molecule has 27 heavy (non-hydrogen) atoms. The van der Waals surface area contributed by atoms with Gasteiger partial charge in [0.2, 0.25) is 11.9 Å². The number of aromatic nitrogens is 2. The Morgan fingerprint density at radius 1 is 1.22 bits per heavy atom. The summed E-state index contributed by atoms with van der Waals surface area (Å²) in [6.07, 6.45) is 1.58. The first-order valence-electron chi connectivity index (χ1n) is 8.71. The van der Waals surface area contributed by atoms with E-state index in [-0.39, 0.29) is 11.7 Å². The summed E-state index contributed by atoms with van der Waals surface area (Å²) in [5, 5.41) is 9.06. The van der Waals surface area contributed by atoms with E-state index in [0.717, 1.165) is 5.69 Å². The minimum absolute atomic E-state index is 0.110. The Morgan fingerprint density at radius 2 is 1.93 bits per heavy atom. The second kappa shape index (κ2) is 7.96. The molecule has 2 aromatic rings. The molecule has 0 radical (unpaired) electrons. The van der Waals surface area contributed by atoms with E-state index in [9.17, 15) is 9.18 Å². The topological polar surface area (TPSA) is 73.1 Å². The van der Waals surface area contributed by atoms with Gasteiger partial charge in [-0.2, -0.15) is 5.26 Å². The van der Waals surface area contributed by atoms with Gasteiger partial charge in [-0.25, -0.2) is 14.4 Å². The summed E-state index contributed by atoms with van der Waals surface area (Å²) in [5.41, 5.74) is 1.96. The maximum absolute atomic E-state index is 13.8. The third-order valence-corrected chi connectivity index (χ3v) is 4.42. The third-order valence-electron chi connectivity index (χ3n) is 4.42. The molecule has 1 saturated heterocycles. The van der Waals surface area contributed by atoms with Crippen molar-refractivity contribution in [3.05, 3.63) is 58.7 Å². The Morgan fingerprint density at radius 3 is 2.59 bits per heavy atom. The lowest BCUT2D eigenvalue weighted by Crippen LogP contribution is -2.49. The van der Waals surface area contributed by atoms with Gasteiger partial charge in [-0.3, -0.25) is 4.79 Å². The smallest absolute Gasteiger partial charge is 0.249 e. The van der Waals surface area contributed by atoms with Gasteiger partial charge in [0, 0.05) is 43.0 Å². The third kappa shape index (κ3) is 4.29. The molecule has 0 N–H and O–H groups in total. The summed E-state index contributed by atoms with van der Waals surface area (Å²) < 4.78 is 13.8. The van der Waals surface area contributed by atoms with Crippen molar-refractivity contribution < 1.29 is 9.18 Å². The van der Waals surface area contributed by atoms with Gasteiger partial charge in [0.15, 0.2) is 0 Å². The molecular formula is C20H20FN5O. The van der Waals surface area contributed by atoms with Crippen LogP contribution in [-0.4, -0.2) is 47.0 Å². The molecule has 0 bridgehead atoms. The van der Waals surface area contributed by atoms with Crippen molar-refractivity contribution in [2.75, 3.05) is 31.1 Å². The van der Waals surface area contributed by atoms with E-state index in [1.165, 1.54) is 6.07 Å². The maximum atomic E-state index is 13.8. The van der Waals surface area contributed by atoms with E-state index < -0.39 is 0 Å². The number of hydrogen-bond acceptors (Lipinski definition) is 5. The van der Waals surface area contributed by atoms with Gasteiger partial charge in [-0.1, -0.05) is 18.2 Å². The number of rotatable bonds is 3. The van der Waals surface area contributed by atoms with Gasteiger partial charge in [0.1, 0.15) is 17.6 Å². The predicted octanol–water partition coefficient (Wildman–Crippen LogP) is 2.55. The summed E-state index contributed by atoms with van der Waals surface area (Å²) in [6.45, 7) is 5.70. The number of aryl methyl sites for hydroxylation is 1. The molecule has 3 rings (SSSR count). The Hall–Kier alpha value is -3.27. The van der Waals surface area contributed by atoms with Gasteiger partial charge < -0.3 is 9.80 Å². The van der Waals surface area contributed by atoms with Crippen molar-refractivity contribution in [3.63, 3.8) is 0 Å². The second-order valence-electron chi connectivity index (χ2n) is 6.43. The molecule has 1 aliphatic heterocycles. The zero-order valence-corrected chi connectivity index (χ0v) is 15.3. The number of piperazine rings is 1. The van der Waals surface area contributed by atoms with E-state index in [1.807, 2.05) is 17.9 Å². The van der Waals surface area contributed by atoms with Gasteiger partial charge in [0.25, 0.3) is 0 Å². The molecule has 0 atom stereocenters. The van der Waals surface area contributed by atoms with Gasteiger partial charge in [-0.15, -0.1) is 0 Å². The highest BCUT2D eigenvalue weighted by molar-refractivity contribution is 5.97. The van der Waals surface area contributed by atoms with Crippen LogP contribution in [0.15, 0.2) is 35.9 Å². The summed E-state index contributed by atoms with van der Waals surface area (Å²) in [7, 11) is 0. The zero-order chi connectivity index (χ0) is 19.4. The lowest BCUT2D eigenvalue weighted by atomic mass is 10.1. The van der Waals surface area contributed by atoms with Crippen LogP contribution in [0.1, 0.15) is 23.9 Å². The predicted molar refractivity (Wildman–Crippen MR) is 100 cm³/mol. The van der Waals surface area contributed by atoms with E-state index in [1.54, 1.807) is 42.2 Å². The van der Waals surface area contributed by atoms with Crippen LogP contribution in [0, 0.1) is 24.1 Å². The van der Waals surface area contributed by atoms with Crippen LogP contribution in [-0.2, 0) is 4.79 Å². The van der Waals surface area contributed by atoms with Crippen molar-refractivity contribution in [1.29, 1.82) is 5.26 Å². The first-order chi connectivity index (χ1) is 13.0. The van der Waals surface area contributed by atoms with Crippen molar-refractivity contribution in [2.24, 2.45) is 0 Å². The number of amides is 1. The fraction of sp³-hybridized carbons (Fsp3) is 0.300. The number of anilines is 1. The van der Waals surface area contributed by atoms with Gasteiger partial charge in [-0.05, 0) is 32.1 Å². The summed E-state index contributed by atoms with van der Waals surface area (Å²) in [6, 6.07) is 10.1. The van der Waals surface area contributed by atoms with Crippen molar-refractivity contribution >= 4 is 17.9 Å². The fourth-order valence-electron chi connectivity index (χ4n) is 3.00. The molecule has 7 heteroatoms. The average molecular weight is 365 g/mol. The first kappa shape index (κ1) is 18.5. The van der Waals surface area contributed by atoms with Crippen molar-refractivity contribution in [3.8, 4) is 6.07 Å². The number of carbonyl (C=O) groups is 1. The molecule has 6 nitrogen and oxygen atoms in total. The molecule has 1 amide bonds. The SMILES string of the molecule is C/C(=C\c1ccccc1F)C(=O)N1CCN(c2nc(C)cc(C#N)n2)CC1. The van der Waals surface area contributed by atoms with Gasteiger partial charge in [0.05, 0.1) is 0 Å². The fourth-order valence-corrected chi connectivity index (χ4v) is 3.00. The van der Waals surface area contributed by atoms with E-state index >= 15 is 0 Å². The number of halogens is 1. The largest absolute Gasteiger partial charge is 0.337 e. The molecule has 1 aromatic carbocycles. The molecule has 0 spiro atoms. The molecule has 0 aliphatic carbocycles. The molecule has 0 unspecified atom stereocenters. The first-order valence-corrected chi connectivity index (χ1v) is 8.71. The number of nitrogens with zero attached hydrogens (tertiary/aromatic N) is 5. The van der Waals surface area contributed by atoms with Crippen LogP contribution in [0.5, 0.6) is 0 Å². The molecule has 0 saturated carbocycles. The maximum Gasteiger partial charge on any atom is 0.249 e. The van der Waals surface area contributed by atoms with E-state index in [2.05, 4.69) is 9.97 Å². The summed E-state index contributed by atoms with van der Waals surface area (Å²) in [4.78, 5) is 25.0. The minimum atomic E-state index is -0.348.